The number of H-pyrrole nitrogens is 1. The molecule has 2 N–H and O–H groups in total. The van der Waals surface area contributed by atoms with Crippen LogP contribution in [0, 0.1) is 17.5 Å². The van der Waals surface area contributed by atoms with Gasteiger partial charge >= 0.3 is 5.97 Å². The first-order valence-electron chi connectivity index (χ1n) is 4.01. The first kappa shape index (κ1) is 11.0. The number of hydrogen-bond acceptors (Lipinski definition) is 1. The summed E-state index contributed by atoms with van der Waals surface area (Å²) in [4.78, 5) is 12.8. The summed E-state index contributed by atoms with van der Waals surface area (Å²) in [5.41, 5.74) is -0.734. The minimum atomic E-state index is -1.65. The van der Waals surface area contributed by atoms with Crippen LogP contribution in [0.4, 0.5) is 13.2 Å². The van der Waals surface area contributed by atoms with E-state index in [4.69, 9.17) is 5.11 Å². The van der Waals surface area contributed by atoms with Gasteiger partial charge in [-0.05, 0) is 22.0 Å². The molecule has 0 aliphatic heterocycles. The molecule has 2 rings (SSSR count). The van der Waals surface area contributed by atoms with Crippen molar-refractivity contribution < 1.29 is 23.1 Å². The predicted octanol–water partition coefficient (Wildman–Crippen LogP) is 3.05. The molecular formula is C9H3BrF3NO2. The molecule has 3 nitrogen and oxygen atoms in total. The smallest absolute Gasteiger partial charge is 0.352 e. The molecule has 0 aliphatic rings. The van der Waals surface area contributed by atoms with Crippen molar-refractivity contribution in [2.75, 3.05) is 0 Å². The predicted molar refractivity (Wildman–Crippen MR) is 52.8 cm³/mol. The fourth-order valence-electron chi connectivity index (χ4n) is 1.34. The zero-order chi connectivity index (χ0) is 12.0. The third-order valence-electron chi connectivity index (χ3n) is 2.08. The van der Waals surface area contributed by atoms with Crippen LogP contribution in [0.3, 0.4) is 0 Å². The van der Waals surface area contributed by atoms with Crippen LogP contribution in [0.25, 0.3) is 10.9 Å². The van der Waals surface area contributed by atoms with Crippen LogP contribution >= 0.6 is 15.9 Å². The van der Waals surface area contributed by atoms with Crippen molar-refractivity contribution in [3.05, 3.63) is 33.7 Å². The maximum atomic E-state index is 13.3. The van der Waals surface area contributed by atoms with Crippen LogP contribution in [0.15, 0.2) is 10.5 Å². The zero-order valence-electron chi connectivity index (χ0n) is 7.44. The highest BCUT2D eigenvalue weighted by atomic mass is 79.9. The molecule has 0 atom stereocenters. The Labute approximate surface area is 95.0 Å². The Kier molecular flexibility index (Phi) is 2.42. The van der Waals surface area contributed by atoms with Gasteiger partial charge in [0, 0.05) is 5.39 Å². The van der Waals surface area contributed by atoms with Crippen molar-refractivity contribution in [2.45, 2.75) is 0 Å². The van der Waals surface area contributed by atoms with Gasteiger partial charge in [0.2, 0.25) is 0 Å². The van der Waals surface area contributed by atoms with Crippen LogP contribution in [-0.2, 0) is 0 Å². The van der Waals surface area contributed by atoms with Crippen LogP contribution in [-0.4, -0.2) is 16.1 Å². The Bertz CT molecular complexity index is 564. The highest BCUT2D eigenvalue weighted by molar-refractivity contribution is 9.10. The number of aromatic nitrogens is 1. The highest BCUT2D eigenvalue weighted by Gasteiger charge is 2.21. The van der Waals surface area contributed by atoms with E-state index in [1.807, 2.05) is 0 Å². The minimum absolute atomic E-state index is 0.0613. The summed E-state index contributed by atoms with van der Waals surface area (Å²) in [5.74, 6) is -5.83. The molecular weight excluding hydrogens is 291 g/mol. The van der Waals surface area contributed by atoms with Crippen molar-refractivity contribution in [3.63, 3.8) is 0 Å². The Hall–Kier alpha value is -1.50. The molecule has 1 heterocycles. The van der Waals surface area contributed by atoms with E-state index in [2.05, 4.69) is 20.9 Å². The third kappa shape index (κ3) is 1.39. The standard InChI is InChI=1S/C9H3BrF3NO2/c10-4-2-1-3(9(15)16)14-8(2)7(13)6(12)5(4)11/h1,14H,(H,15,16). The second-order valence-electron chi connectivity index (χ2n) is 3.03. The van der Waals surface area contributed by atoms with Gasteiger partial charge in [0.15, 0.2) is 17.5 Å². The first-order chi connectivity index (χ1) is 7.43. The molecule has 0 saturated carbocycles. The largest absolute Gasteiger partial charge is 0.477 e. The molecule has 2 aromatic rings. The maximum absolute atomic E-state index is 13.3. The maximum Gasteiger partial charge on any atom is 0.352 e. The average molecular weight is 294 g/mol. The SMILES string of the molecule is O=C(O)c1cc2c(Br)c(F)c(F)c(F)c2[nH]1. The van der Waals surface area contributed by atoms with Gasteiger partial charge in [-0.2, -0.15) is 0 Å². The van der Waals surface area contributed by atoms with E-state index in [1.54, 1.807) is 0 Å². The lowest BCUT2D eigenvalue weighted by Gasteiger charge is -2.00. The van der Waals surface area contributed by atoms with E-state index in [0.29, 0.717) is 0 Å². The van der Waals surface area contributed by atoms with E-state index in [9.17, 15) is 18.0 Å². The van der Waals surface area contributed by atoms with Crippen LogP contribution < -0.4 is 0 Å². The second-order valence-corrected chi connectivity index (χ2v) is 3.83. The Morgan fingerprint density at radius 2 is 1.88 bits per heavy atom. The number of aromatic amines is 1. The van der Waals surface area contributed by atoms with Gasteiger partial charge < -0.3 is 10.1 Å². The number of halogens is 4. The number of carboxylic acids is 1. The summed E-state index contributed by atoms with van der Waals surface area (Å²) < 4.78 is 39.0. The molecule has 0 aliphatic carbocycles. The van der Waals surface area contributed by atoms with E-state index in [0.717, 1.165) is 6.07 Å². The molecule has 1 aromatic carbocycles. The molecule has 16 heavy (non-hydrogen) atoms. The Morgan fingerprint density at radius 1 is 1.25 bits per heavy atom. The molecule has 0 saturated heterocycles. The lowest BCUT2D eigenvalue weighted by Crippen LogP contribution is -1.96. The van der Waals surface area contributed by atoms with Crippen LogP contribution in [0.5, 0.6) is 0 Å². The molecule has 0 unspecified atom stereocenters. The molecule has 0 radical (unpaired) electrons. The van der Waals surface area contributed by atoms with Gasteiger partial charge in [0.1, 0.15) is 5.69 Å². The summed E-state index contributed by atoms with van der Waals surface area (Å²) in [6.45, 7) is 0. The van der Waals surface area contributed by atoms with Crippen LogP contribution in [0.1, 0.15) is 10.5 Å². The molecule has 0 bridgehead atoms. The number of benzene rings is 1. The van der Waals surface area contributed by atoms with Gasteiger partial charge in [0.05, 0.1) is 9.99 Å². The monoisotopic (exact) mass is 293 g/mol. The Balaban J connectivity index is 2.92. The minimum Gasteiger partial charge on any atom is -0.477 e. The number of carbonyl (C=O) groups is 1. The van der Waals surface area contributed by atoms with Crippen molar-refractivity contribution in [3.8, 4) is 0 Å². The molecule has 0 amide bonds. The van der Waals surface area contributed by atoms with E-state index >= 15 is 0 Å². The number of hydrogen-bond donors (Lipinski definition) is 2. The zero-order valence-corrected chi connectivity index (χ0v) is 9.03. The summed E-state index contributed by atoms with van der Waals surface area (Å²) in [6.07, 6.45) is 0. The normalized spacial score (nSPS) is 11.0. The molecule has 1 aromatic heterocycles. The fourth-order valence-corrected chi connectivity index (χ4v) is 1.82. The lowest BCUT2D eigenvalue weighted by atomic mass is 10.2. The van der Waals surface area contributed by atoms with Gasteiger partial charge in [-0.1, -0.05) is 0 Å². The lowest BCUT2D eigenvalue weighted by molar-refractivity contribution is 0.0691. The van der Waals surface area contributed by atoms with Gasteiger partial charge in [0.25, 0.3) is 0 Å². The van der Waals surface area contributed by atoms with Gasteiger partial charge in [-0.3, -0.25) is 0 Å². The number of nitrogens with one attached hydrogen (secondary N) is 1. The third-order valence-corrected chi connectivity index (χ3v) is 2.86. The number of rotatable bonds is 1. The number of carboxylic acid groups (broad SMARTS) is 1. The topological polar surface area (TPSA) is 53.1 Å². The summed E-state index contributed by atoms with van der Waals surface area (Å²) in [7, 11) is 0. The van der Waals surface area contributed by atoms with Gasteiger partial charge in [-0.15, -0.1) is 0 Å². The molecule has 0 spiro atoms. The quantitative estimate of drug-likeness (QED) is 0.627. The van der Waals surface area contributed by atoms with E-state index in [1.165, 1.54) is 0 Å². The van der Waals surface area contributed by atoms with Crippen molar-refractivity contribution >= 4 is 32.8 Å². The molecule has 0 fully saturated rings. The summed E-state index contributed by atoms with van der Waals surface area (Å²) >= 11 is 2.73. The molecule has 84 valence electrons. The first-order valence-corrected chi connectivity index (χ1v) is 4.80. The molecule has 7 heteroatoms. The van der Waals surface area contributed by atoms with Crippen LogP contribution in [0.2, 0.25) is 0 Å². The van der Waals surface area contributed by atoms with Crippen molar-refractivity contribution in [2.24, 2.45) is 0 Å². The highest BCUT2D eigenvalue weighted by Crippen LogP contribution is 2.32. The van der Waals surface area contributed by atoms with Crippen molar-refractivity contribution in [1.29, 1.82) is 0 Å². The van der Waals surface area contributed by atoms with Crippen molar-refractivity contribution in [1.82, 2.24) is 4.98 Å². The average Bonchev–Trinajstić information content (AvgIpc) is 2.68. The summed E-state index contributed by atoms with van der Waals surface area (Å²) in [6, 6.07) is 1.02. The Morgan fingerprint density at radius 3 is 2.44 bits per heavy atom. The number of fused-ring (bicyclic) bond motifs is 1. The van der Waals surface area contributed by atoms with E-state index in [-0.39, 0.29) is 21.1 Å². The summed E-state index contributed by atoms with van der Waals surface area (Å²) in [5, 5.41) is 8.59. The number of aromatic carboxylic acids is 1. The second kappa shape index (κ2) is 3.51. The van der Waals surface area contributed by atoms with E-state index < -0.39 is 23.4 Å². The fraction of sp³-hybridized carbons (Fsp3) is 0. The van der Waals surface area contributed by atoms with Gasteiger partial charge in [-0.25, -0.2) is 18.0 Å².